The Labute approximate surface area is 384 Å². The van der Waals surface area contributed by atoms with Crippen LogP contribution in [0.5, 0.6) is 0 Å². The first-order valence-corrected chi connectivity index (χ1v) is 23.1. The second kappa shape index (κ2) is 17.9. The number of amides is 6. The van der Waals surface area contributed by atoms with Crippen molar-refractivity contribution in [2.45, 2.75) is 101 Å². The molecule has 0 bridgehead atoms. The van der Waals surface area contributed by atoms with Crippen LogP contribution in [0.25, 0.3) is 0 Å². The molecule has 10 rings (SSSR count). The Hall–Kier alpha value is -5.81. The molecule has 5 N–H and O–H groups in total. The zero-order valence-electron chi connectivity index (χ0n) is 35.7. The number of aromatic nitrogens is 4. The fraction of sp³-hybridized carbons (Fsp3) is 0.478. The van der Waals surface area contributed by atoms with Crippen LogP contribution >= 0.6 is 23.2 Å². The van der Waals surface area contributed by atoms with Crippen LogP contribution in [0.2, 0.25) is 10.0 Å². The van der Waals surface area contributed by atoms with Gasteiger partial charge in [0.1, 0.15) is 17.6 Å². The molecule has 0 unspecified atom stereocenters. The van der Waals surface area contributed by atoms with E-state index >= 15 is 0 Å². The van der Waals surface area contributed by atoms with Crippen molar-refractivity contribution >= 4 is 70.0 Å². The fourth-order valence-corrected chi connectivity index (χ4v) is 10.6. The van der Waals surface area contributed by atoms with Gasteiger partial charge in [-0.05, 0) is 113 Å². The average Bonchev–Trinajstić information content (AvgIpc) is 3.58. The normalized spacial score (nSPS) is 25.4. The van der Waals surface area contributed by atoms with Gasteiger partial charge < -0.3 is 40.6 Å². The third kappa shape index (κ3) is 8.84. The van der Waals surface area contributed by atoms with Gasteiger partial charge in [0.25, 0.3) is 23.6 Å². The molecule has 65 heavy (non-hydrogen) atoms. The van der Waals surface area contributed by atoms with E-state index in [0.717, 1.165) is 49.9 Å². The lowest BCUT2D eigenvalue weighted by molar-refractivity contribution is -0.128. The maximum absolute atomic E-state index is 13.4. The van der Waals surface area contributed by atoms with Crippen molar-refractivity contribution in [3.63, 3.8) is 0 Å². The minimum absolute atomic E-state index is 0.00909. The number of imidazole rings is 2. The van der Waals surface area contributed by atoms with Crippen LogP contribution in [0.15, 0.2) is 61.2 Å². The highest BCUT2D eigenvalue weighted by atomic mass is 35.5. The third-order valence-electron chi connectivity index (χ3n) is 14.2. The Morgan fingerprint density at radius 3 is 1.78 bits per heavy atom. The lowest BCUT2D eigenvalue weighted by Crippen LogP contribution is -2.52. The molecule has 16 nitrogen and oxygen atoms in total. The van der Waals surface area contributed by atoms with Crippen LogP contribution < -0.4 is 26.2 Å². The van der Waals surface area contributed by atoms with Gasteiger partial charge in [0, 0.05) is 52.6 Å². The molecular weight excluding hydrogens is 878 g/mol. The molecule has 0 atom stereocenters. The Balaban J connectivity index is 0.000000164. The van der Waals surface area contributed by atoms with Gasteiger partial charge in [-0.2, -0.15) is 0 Å². The average molecular weight is 930 g/mol. The van der Waals surface area contributed by atoms with E-state index in [1.807, 2.05) is 46.2 Å². The number of alkyl halides is 1. The Kier molecular flexibility index (Phi) is 12.2. The number of nitrogens with two attached hydrogens (primary N) is 1. The van der Waals surface area contributed by atoms with Gasteiger partial charge in [-0.25, -0.2) is 14.4 Å². The summed E-state index contributed by atoms with van der Waals surface area (Å²) >= 11 is 12.2. The highest BCUT2D eigenvalue weighted by molar-refractivity contribution is 6.31. The number of nitrogens with zero attached hydrogens (tertiary/aromatic N) is 6. The van der Waals surface area contributed by atoms with E-state index in [0.29, 0.717) is 61.7 Å². The number of hydrogen-bond donors (Lipinski definition) is 4. The largest absolute Gasteiger partial charge is 0.364 e. The molecule has 3 aliphatic carbocycles. The van der Waals surface area contributed by atoms with Gasteiger partial charge in [-0.3, -0.25) is 28.8 Å². The molecule has 3 saturated heterocycles. The minimum Gasteiger partial charge on any atom is -0.364 e. The van der Waals surface area contributed by atoms with Crippen LogP contribution in [-0.2, 0) is 9.59 Å². The number of H-pyrrole nitrogens is 1. The summed E-state index contributed by atoms with van der Waals surface area (Å²) in [5.74, 6) is -1.61. The van der Waals surface area contributed by atoms with Gasteiger partial charge in [-0.15, -0.1) is 0 Å². The van der Waals surface area contributed by atoms with Crippen LogP contribution in [-0.4, -0.2) is 104 Å². The van der Waals surface area contributed by atoms with Crippen LogP contribution in [0.1, 0.15) is 125 Å². The lowest BCUT2D eigenvalue weighted by Gasteiger charge is -2.36. The van der Waals surface area contributed by atoms with Crippen molar-refractivity contribution in [1.82, 2.24) is 35.1 Å². The maximum atomic E-state index is 13.4. The maximum Gasteiger partial charge on any atom is 0.275 e. The molecule has 6 amide bonds. The second-order valence-electron chi connectivity index (χ2n) is 18.3. The van der Waals surface area contributed by atoms with Crippen molar-refractivity contribution < 1.29 is 33.2 Å². The van der Waals surface area contributed by atoms with E-state index < -0.39 is 34.7 Å². The Morgan fingerprint density at radius 2 is 1.26 bits per heavy atom. The Bertz CT molecular complexity index is 2520. The van der Waals surface area contributed by atoms with Gasteiger partial charge in [0.05, 0.1) is 36.6 Å². The molecule has 5 heterocycles. The van der Waals surface area contributed by atoms with E-state index in [2.05, 4.69) is 25.6 Å². The molecule has 0 radical (unpaired) electrons. The number of rotatable bonds is 9. The van der Waals surface area contributed by atoms with Crippen molar-refractivity contribution in [2.75, 3.05) is 36.0 Å². The molecule has 6 fully saturated rings. The zero-order valence-corrected chi connectivity index (χ0v) is 37.3. The van der Waals surface area contributed by atoms with Gasteiger partial charge in [-0.1, -0.05) is 35.3 Å². The molecule has 2 spiro atoms. The number of aromatic amines is 1. The van der Waals surface area contributed by atoms with Crippen LogP contribution in [0, 0.1) is 10.8 Å². The van der Waals surface area contributed by atoms with E-state index in [1.54, 1.807) is 23.0 Å². The number of primary amides is 1. The lowest BCUT2D eigenvalue weighted by atomic mass is 9.71. The highest BCUT2D eigenvalue weighted by Gasteiger charge is 2.50. The molecular formula is C46H51Cl2FN10O6. The predicted octanol–water partition coefficient (Wildman–Crippen LogP) is 6.02. The van der Waals surface area contributed by atoms with E-state index in [1.165, 1.54) is 11.2 Å². The fourth-order valence-electron chi connectivity index (χ4n) is 10.3. The number of benzene rings is 2. The SMILES string of the molecule is NC(=O)c1c(C(=O)NC2CC2)ncn1C1CCC2(CC1)CCN(c1cccc(Cl)c1)C2=O.O=C(NC1CCC2(CC1)CCN(c1cccc(Cl)c1)C2=O)c1[nH]cnc1C(=O)N1CC(F)C1. The molecule has 3 aliphatic heterocycles. The molecule has 342 valence electrons. The first-order chi connectivity index (χ1) is 31.2. The number of anilines is 2. The van der Waals surface area contributed by atoms with E-state index in [-0.39, 0.29) is 71.7 Å². The molecule has 3 saturated carbocycles. The van der Waals surface area contributed by atoms with Crippen molar-refractivity contribution in [2.24, 2.45) is 16.6 Å². The smallest absolute Gasteiger partial charge is 0.275 e. The topological polar surface area (TPSA) is 209 Å². The summed E-state index contributed by atoms with van der Waals surface area (Å²) < 4.78 is 14.8. The Morgan fingerprint density at radius 1 is 0.723 bits per heavy atom. The minimum atomic E-state index is -1.02. The summed E-state index contributed by atoms with van der Waals surface area (Å²) in [6, 6.07) is 14.8. The summed E-state index contributed by atoms with van der Waals surface area (Å²) in [5.41, 5.74) is 6.83. The van der Waals surface area contributed by atoms with Crippen molar-refractivity contribution in [3.05, 3.63) is 94.0 Å². The summed E-state index contributed by atoms with van der Waals surface area (Å²) in [6.45, 7) is 1.38. The molecule has 2 aromatic carbocycles. The monoisotopic (exact) mass is 928 g/mol. The predicted molar refractivity (Wildman–Crippen MR) is 240 cm³/mol. The highest BCUT2D eigenvalue weighted by Crippen LogP contribution is 2.49. The second-order valence-corrected chi connectivity index (χ2v) is 19.2. The van der Waals surface area contributed by atoms with Crippen molar-refractivity contribution in [3.8, 4) is 0 Å². The number of halogens is 3. The summed E-state index contributed by atoms with van der Waals surface area (Å²) in [4.78, 5) is 92.5. The number of carbonyl (C=O) groups is 6. The number of nitrogens with one attached hydrogen (secondary N) is 3. The summed E-state index contributed by atoms with van der Waals surface area (Å²) in [5, 5.41) is 7.06. The van der Waals surface area contributed by atoms with Crippen LogP contribution in [0.3, 0.4) is 0 Å². The van der Waals surface area contributed by atoms with E-state index in [4.69, 9.17) is 28.9 Å². The number of likely N-dealkylation sites (tertiary alicyclic amines) is 1. The number of carbonyl (C=O) groups excluding carboxylic acids is 6. The zero-order chi connectivity index (χ0) is 45.6. The third-order valence-corrected chi connectivity index (χ3v) is 14.7. The standard InChI is InChI=1S/C23H25ClFN5O3.C23H26ClN5O3/c24-14-2-1-3-17(10-14)30-9-8-23(22(30)33)6-4-16(5-7-23)28-20(31)18-19(27-13-26-18)21(32)29-11-15(25)12-29;24-14-2-1-3-17(12-14)28-11-10-23(22(28)32)8-6-16(7-9-23)29-13-26-18(19(29)20(25)30)21(31)27-15-4-5-15/h1-3,10,13,15-16H,4-9,11-12H2,(H,26,27)(H,28,31);1-3,12-13,15-16H,4-11H2,(H2,25,30)(H,27,31). The quantitative estimate of drug-likeness (QED) is 0.156. The first kappa shape index (κ1) is 44.4. The van der Waals surface area contributed by atoms with E-state index in [9.17, 15) is 33.2 Å². The van der Waals surface area contributed by atoms with Gasteiger partial charge in [0.2, 0.25) is 11.8 Å². The summed E-state index contributed by atoms with van der Waals surface area (Å²) in [6.07, 6.45) is 10.9. The molecule has 6 aliphatic rings. The van der Waals surface area contributed by atoms with Crippen LogP contribution in [0.4, 0.5) is 15.8 Å². The number of hydrogen-bond acceptors (Lipinski definition) is 8. The summed E-state index contributed by atoms with van der Waals surface area (Å²) in [7, 11) is 0. The van der Waals surface area contributed by atoms with Gasteiger partial charge >= 0.3 is 0 Å². The molecule has 4 aromatic rings. The molecule has 2 aromatic heterocycles. The van der Waals surface area contributed by atoms with Crippen molar-refractivity contribution in [1.29, 1.82) is 0 Å². The molecule has 19 heteroatoms. The van der Waals surface area contributed by atoms with Gasteiger partial charge in [0.15, 0.2) is 11.4 Å². The first-order valence-electron chi connectivity index (χ1n) is 22.3.